The molecule has 1 aliphatic heterocycles. The summed E-state index contributed by atoms with van der Waals surface area (Å²) in [7, 11) is 0. The Kier molecular flexibility index (Phi) is 8.59. The van der Waals surface area contributed by atoms with Crippen LogP contribution in [0.1, 0.15) is 25.0 Å². The Balaban J connectivity index is 0.924. The van der Waals surface area contributed by atoms with Gasteiger partial charge in [0, 0.05) is 55.8 Å². The Bertz CT molecular complexity index is 4040. The molecule has 1 aliphatic carbocycles. The molecule has 1 aromatic heterocycles. The van der Waals surface area contributed by atoms with E-state index in [-0.39, 0.29) is 5.41 Å². The Labute approximate surface area is 400 Å². The Morgan fingerprint density at radius 2 is 0.986 bits per heavy atom. The molecule has 11 aromatic carbocycles. The van der Waals surface area contributed by atoms with Crippen LogP contribution in [0.2, 0.25) is 0 Å². The van der Waals surface area contributed by atoms with Crippen molar-refractivity contribution < 1.29 is 9.15 Å². The lowest BCUT2D eigenvalue weighted by Gasteiger charge is -2.30. The van der Waals surface area contributed by atoms with Gasteiger partial charge in [-0.25, -0.2) is 0 Å². The first kappa shape index (κ1) is 39.3. The van der Waals surface area contributed by atoms with E-state index in [1.54, 1.807) is 0 Å². The van der Waals surface area contributed by atoms with Crippen LogP contribution in [0.4, 0.5) is 34.1 Å². The van der Waals surface area contributed by atoms with Gasteiger partial charge in [0.05, 0.1) is 17.1 Å². The van der Waals surface area contributed by atoms with Gasteiger partial charge in [-0.15, -0.1) is 0 Å². The number of para-hydroxylation sites is 4. The second-order valence-corrected chi connectivity index (χ2v) is 18.8. The lowest BCUT2D eigenvalue weighted by atomic mass is 9.82. The summed E-state index contributed by atoms with van der Waals surface area (Å²) < 4.78 is 13.6. The van der Waals surface area contributed by atoms with Gasteiger partial charge in [-0.1, -0.05) is 159 Å². The van der Waals surface area contributed by atoms with Crippen LogP contribution in [-0.4, -0.2) is 0 Å². The third kappa shape index (κ3) is 6.02. The van der Waals surface area contributed by atoms with Crippen molar-refractivity contribution in [3.63, 3.8) is 0 Å². The number of anilines is 6. The van der Waals surface area contributed by atoms with Crippen LogP contribution in [0.5, 0.6) is 11.5 Å². The number of ether oxygens (including phenoxy) is 1. The summed E-state index contributed by atoms with van der Waals surface area (Å²) in [5.41, 5.74) is 17.7. The highest BCUT2D eigenvalue weighted by atomic mass is 16.5. The minimum absolute atomic E-state index is 0.147. The van der Waals surface area contributed by atoms with E-state index in [0.717, 1.165) is 89.5 Å². The lowest BCUT2D eigenvalue weighted by Crippen LogP contribution is -2.16. The van der Waals surface area contributed by atoms with Crippen molar-refractivity contribution in [2.24, 2.45) is 0 Å². The van der Waals surface area contributed by atoms with Crippen LogP contribution in [0.15, 0.2) is 235 Å². The average Bonchev–Trinajstić information content (AvgIpc) is 3.89. The first-order valence-electron chi connectivity index (χ1n) is 23.7. The highest BCUT2D eigenvalue weighted by molar-refractivity contribution is 6.18. The maximum Gasteiger partial charge on any atom is 0.159 e. The molecule has 0 N–H and O–H groups in total. The highest BCUT2D eigenvalue weighted by Crippen LogP contribution is 2.54. The van der Waals surface area contributed by atoms with Crippen molar-refractivity contribution in [1.82, 2.24) is 0 Å². The van der Waals surface area contributed by atoms with E-state index in [9.17, 15) is 0 Å². The second-order valence-electron chi connectivity index (χ2n) is 18.8. The van der Waals surface area contributed by atoms with E-state index in [1.165, 1.54) is 44.2 Å². The molecule has 2 aliphatic rings. The number of hydrogen-bond acceptors (Lipinski definition) is 4. The van der Waals surface area contributed by atoms with E-state index < -0.39 is 0 Å². The summed E-state index contributed by atoms with van der Waals surface area (Å²) in [6.45, 7) is 4.71. The van der Waals surface area contributed by atoms with Gasteiger partial charge in [-0.05, 0) is 128 Å². The molecule has 0 saturated heterocycles. The van der Waals surface area contributed by atoms with Crippen molar-refractivity contribution in [2.45, 2.75) is 19.3 Å². The topological polar surface area (TPSA) is 28.9 Å². The standard InChI is InChI=1S/C65H44N2O2/c1-65(2)56-26-12-9-22-48(56)49-35-33-45(39-57(49)65)67(58-27-13-10-21-47(58)41-17-5-3-6-18-41)44-32-31-42-37-55-51-36-34-46(40-62(51)68-61-30-16-24-52(63(55)61)54(42)38-44)66(43-19-7-4-8-20-43)59-28-15-25-53-50-23-11-14-29-60(50)69-64(53)59/h3-40H,1-2H3. The number of benzene rings is 11. The molecular weight excluding hydrogens is 841 g/mol. The van der Waals surface area contributed by atoms with Crippen molar-refractivity contribution in [2.75, 3.05) is 9.80 Å². The third-order valence-electron chi connectivity index (χ3n) is 14.6. The summed E-state index contributed by atoms with van der Waals surface area (Å²) in [5.74, 6) is 1.66. The van der Waals surface area contributed by atoms with E-state index in [4.69, 9.17) is 9.15 Å². The Morgan fingerprint density at radius 3 is 1.86 bits per heavy atom. The molecule has 2 heterocycles. The van der Waals surface area contributed by atoms with Crippen molar-refractivity contribution >= 4 is 77.6 Å². The highest BCUT2D eigenvalue weighted by Gasteiger charge is 2.36. The van der Waals surface area contributed by atoms with Gasteiger partial charge in [-0.2, -0.15) is 0 Å². The van der Waals surface area contributed by atoms with Gasteiger partial charge in [0.1, 0.15) is 17.1 Å². The van der Waals surface area contributed by atoms with Crippen molar-refractivity contribution in [1.29, 1.82) is 0 Å². The van der Waals surface area contributed by atoms with Gasteiger partial charge < -0.3 is 19.0 Å². The number of rotatable bonds is 7. The second kappa shape index (κ2) is 15.1. The van der Waals surface area contributed by atoms with E-state index in [2.05, 4.69) is 242 Å². The maximum absolute atomic E-state index is 7.01. The van der Waals surface area contributed by atoms with Crippen LogP contribution in [0.25, 0.3) is 76.9 Å². The van der Waals surface area contributed by atoms with E-state index >= 15 is 0 Å². The quantitative estimate of drug-likeness (QED) is 0.149. The van der Waals surface area contributed by atoms with Gasteiger partial charge in [0.15, 0.2) is 5.58 Å². The van der Waals surface area contributed by atoms with E-state index in [1.807, 2.05) is 12.1 Å². The zero-order valence-electron chi connectivity index (χ0n) is 38.2. The number of fused-ring (bicyclic) bond motifs is 10. The summed E-state index contributed by atoms with van der Waals surface area (Å²) >= 11 is 0. The minimum atomic E-state index is -0.147. The fraction of sp³-hybridized carbons (Fsp3) is 0.0462. The fourth-order valence-electron chi connectivity index (χ4n) is 11.4. The largest absolute Gasteiger partial charge is 0.456 e. The summed E-state index contributed by atoms with van der Waals surface area (Å²) in [6, 6.07) is 83.0. The molecule has 4 heteroatoms. The molecule has 0 amide bonds. The van der Waals surface area contributed by atoms with E-state index in [0.29, 0.717) is 0 Å². The predicted molar refractivity (Wildman–Crippen MR) is 287 cm³/mol. The average molecular weight is 885 g/mol. The number of furan rings is 1. The Hall–Kier alpha value is -8.86. The molecule has 14 rings (SSSR count). The first-order valence-corrected chi connectivity index (χ1v) is 23.7. The van der Waals surface area contributed by atoms with Crippen molar-refractivity contribution in [3.05, 3.63) is 242 Å². The normalized spacial score (nSPS) is 13.0. The molecule has 69 heavy (non-hydrogen) atoms. The summed E-state index contributed by atoms with van der Waals surface area (Å²) in [4.78, 5) is 4.73. The zero-order valence-corrected chi connectivity index (χ0v) is 38.2. The van der Waals surface area contributed by atoms with Crippen LogP contribution in [-0.2, 0) is 5.41 Å². The lowest BCUT2D eigenvalue weighted by molar-refractivity contribution is 0.487. The zero-order chi connectivity index (χ0) is 45.8. The summed E-state index contributed by atoms with van der Waals surface area (Å²) in [5, 5.41) is 6.79. The SMILES string of the molecule is CC1(C)c2ccccc2-c2ccc(N(c3ccc4cc5c6c(cccc6c4c3)Oc3cc(N(c4ccccc4)c4cccc6c4oc4ccccc46)ccc3-5)c3ccccc3-c3ccccc3)cc21. The van der Waals surface area contributed by atoms with Crippen LogP contribution >= 0.6 is 0 Å². The molecule has 326 valence electrons. The molecule has 0 fully saturated rings. The molecular formula is C65H44N2O2. The van der Waals surface area contributed by atoms with Gasteiger partial charge in [-0.3, -0.25) is 0 Å². The molecule has 4 nitrogen and oxygen atoms in total. The molecule has 12 aromatic rings. The minimum Gasteiger partial charge on any atom is -0.456 e. The molecule has 0 atom stereocenters. The third-order valence-corrected chi connectivity index (χ3v) is 14.6. The monoisotopic (exact) mass is 884 g/mol. The van der Waals surface area contributed by atoms with Gasteiger partial charge >= 0.3 is 0 Å². The molecule has 0 spiro atoms. The number of nitrogens with zero attached hydrogens (tertiary/aromatic N) is 2. The number of hydrogen-bond donors (Lipinski definition) is 0. The smallest absolute Gasteiger partial charge is 0.159 e. The van der Waals surface area contributed by atoms with Gasteiger partial charge in [0.2, 0.25) is 0 Å². The summed E-state index contributed by atoms with van der Waals surface area (Å²) in [6.07, 6.45) is 0. The molecule has 0 bridgehead atoms. The predicted octanol–water partition coefficient (Wildman–Crippen LogP) is 18.6. The van der Waals surface area contributed by atoms with Crippen molar-refractivity contribution in [3.8, 4) is 44.9 Å². The maximum atomic E-state index is 7.01. The molecule has 0 saturated carbocycles. The van der Waals surface area contributed by atoms with Crippen LogP contribution < -0.4 is 14.5 Å². The van der Waals surface area contributed by atoms with Crippen LogP contribution in [0.3, 0.4) is 0 Å². The molecule has 0 unspecified atom stereocenters. The molecule has 0 radical (unpaired) electrons. The fourth-order valence-corrected chi connectivity index (χ4v) is 11.4. The Morgan fingerprint density at radius 1 is 0.362 bits per heavy atom. The van der Waals surface area contributed by atoms with Crippen LogP contribution in [0, 0.1) is 0 Å². The van der Waals surface area contributed by atoms with Gasteiger partial charge in [0.25, 0.3) is 0 Å². The first-order chi connectivity index (χ1) is 34.0.